The van der Waals surface area contributed by atoms with Gasteiger partial charge in [0, 0.05) is 13.2 Å². The Morgan fingerprint density at radius 3 is 1.52 bits per heavy atom. The minimum atomic E-state index is -0.290. The number of hydrogen-bond donors (Lipinski definition) is 0. The van der Waals surface area contributed by atoms with E-state index >= 15 is 0 Å². The molecule has 0 radical (unpaired) electrons. The maximum absolute atomic E-state index is 7.01. The quantitative estimate of drug-likeness (QED) is 0.0790. The van der Waals surface area contributed by atoms with Crippen LogP contribution in [0.25, 0.3) is 0 Å². The molecule has 298 valence electrons. The average Bonchev–Trinajstić information content (AvgIpc) is 3.23. The van der Waals surface area contributed by atoms with Crippen LogP contribution >= 0.6 is 0 Å². The molecule has 4 aliphatic carbocycles. The third kappa shape index (κ3) is 10.8. The zero-order valence-corrected chi connectivity index (χ0v) is 33.3. The van der Waals surface area contributed by atoms with Crippen molar-refractivity contribution in [3.05, 3.63) is 144 Å². The van der Waals surface area contributed by atoms with Gasteiger partial charge in [-0.15, -0.1) is 0 Å². The molecule has 4 atom stereocenters. The number of likely N-dealkylation sites (tertiary alicyclic amines) is 1. The lowest BCUT2D eigenvalue weighted by Gasteiger charge is -2.56. The lowest BCUT2D eigenvalue weighted by Crippen LogP contribution is -2.64. The Morgan fingerprint density at radius 1 is 0.500 bits per heavy atom. The summed E-state index contributed by atoms with van der Waals surface area (Å²) in [7, 11) is 0. The molecule has 5 fully saturated rings. The van der Waals surface area contributed by atoms with E-state index in [0.717, 1.165) is 80.0 Å². The third-order valence-electron chi connectivity index (χ3n) is 13.0. The van der Waals surface area contributed by atoms with E-state index in [1.54, 1.807) is 0 Å². The maximum atomic E-state index is 7.01. The van der Waals surface area contributed by atoms with Crippen molar-refractivity contribution in [2.45, 2.75) is 109 Å². The number of hydrogen-bond acceptors (Lipinski definition) is 6. The van der Waals surface area contributed by atoms with E-state index in [9.17, 15) is 0 Å². The SMILES string of the molecule is c1ccc(COC[C@H]2[C@H](OCc3ccccc3)[C@@H](OCc3ccccc3)[C@H](OCc3ccccc3)CN2CCCCCOCC23CC4CC(CC(C4)C2)C3)cc1. The maximum Gasteiger partial charge on any atom is 0.113 e. The predicted molar refractivity (Wildman–Crippen MR) is 222 cm³/mol. The van der Waals surface area contributed by atoms with Gasteiger partial charge in [-0.05, 0) is 110 Å². The number of unbranched alkanes of at least 4 members (excludes halogenated alkanes) is 2. The Bertz CT molecular complexity index is 1670. The predicted octanol–water partition coefficient (Wildman–Crippen LogP) is 10.0. The Morgan fingerprint density at radius 2 is 0.982 bits per heavy atom. The van der Waals surface area contributed by atoms with Gasteiger partial charge in [-0.25, -0.2) is 0 Å². The van der Waals surface area contributed by atoms with Gasteiger partial charge < -0.3 is 23.7 Å². The average molecular weight is 758 g/mol. The van der Waals surface area contributed by atoms with E-state index in [0.29, 0.717) is 38.4 Å². The van der Waals surface area contributed by atoms with E-state index in [4.69, 9.17) is 23.7 Å². The van der Waals surface area contributed by atoms with Crippen LogP contribution in [-0.2, 0) is 50.1 Å². The molecule has 1 heterocycles. The monoisotopic (exact) mass is 757 g/mol. The lowest BCUT2D eigenvalue weighted by molar-refractivity contribution is -0.210. The van der Waals surface area contributed by atoms with Gasteiger partial charge in [-0.1, -0.05) is 121 Å². The molecule has 6 heteroatoms. The number of piperidine rings is 1. The first-order chi connectivity index (χ1) is 27.7. The summed E-state index contributed by atoms with van der Waals surface area (Å²) in [6.07, 6.45) is 11.3. The fourth-order valence-electron chi connectivity index (χ4n) is 10.8. The first-order valence-corrected chi connectivity index (χ1v) is 21.6. The van der Waals surface area contributed by atoms with Crippen LogP contribution in [0.4, 0.5) is 0 Å². The summed E-state index contributed by atoms with van der Waals surface area (Å²) in [6, 6.07) is 41.9. The summed E-state index contributed by atoms with van der Waals surface area (Å²) < 4.78 is 33.9. The summed E-state index contributed by atoms with van der Waals surface area (Å²) >= 11 is 0. The molecule has 1 aliphatic heterocycles. The molecule has 0 unspecified atom stereocenters. The van der Waals surface area contributed by atoms with Gasteiger partial charge in [0.1, 0.15) is 12.2 Å². The van der Waals surface area contributed by atoms with Crippen molar-refractivity contribution < 1.29 is 23.7 Å². The number of nitrogens with zero attached hydrogens (tertiary/aromatic N) is 1. The van der Waals surface area contributed by atoms with Gasteiger partial charge in [0.15, 0.2) is 0 Å². The number of benzene rings is 4. The van der Waals surface area contributed by atoms with Crippen molar-refractivity contribution in [1.82, 2.24) is 4.90 Å². The minimum absolute atomic E-state index is 0.00731. The molecule has 5 aliphatic rings. The Kier molecular flexibility index (Phi) is 14.0. The zero-order valence-electron chi connectivity index (χ0n) is 33.3. The Hall–Kier alpha value is -3.36. The van der Waals surface area contributed by atoms with Crippen molar-refractivity contribution in [3.8, 4) is 0 Å². The molecule has 4 aromatic rings. The largest absolute Gasteiger partial charge is 0.381 e. The molecule has 4 bridgehead atoms. The van der Waals surface area contributed by atoms with Crippen LogP contribution in [0.2, 0.25) is 0 Å². The first kappa shape index (κ1) is 39.5. The summed E-state index contributed by atoms with van der Waals surface area (Å²) in [6.45, 7) is 6.14. The highest BCUT2D eigenvalue weighted by atomic mass is 16.6. The van der Waals surface area contributed by atoms with Gasteiger partial charge in [0.25, 0.3) is 0 Å². The van der Waals surface area contributed by atoms with Gasteiger partial charge >= 0.3 is 0 Å². The molecule has 0 spiro atoms. The van der Waals surface area contributed by atoms with Gasteiger partial charge in [0.05, 0.1) is 51.8 Å². The van der Waals surface area contributed by atoms with E-state index in [1.165, 1.54) is 44.1 Å². The van der Waals surface area contributed by atoms with E-state index in [1.807, 2.05) is 0 Å². The molecular formula is C50H63NO5. The standard InChI is InChI=1S/C50H63NO5/c1-6-16-39(17-7-1)33-53-37-46-48(55-35-41-20-10-3-11-21-41)49(56-36-42-22-12-4-13-23-42)47(54-34-40-18-8-2-9-19-40)32-51(46)24-14-5-15-25-52-38-50-29-43-26-44(30-50)28-45(27-43)31-50/h1-4,6-13,16-23,43-49H,5,14-15,24-38H2/t43?,44?,45?,46-,47+,48-,49-,50?/m0/s1. The van der Waals surface area contributed by atoms with Gasteiger partial charge in [-0.3, -0.25) is 4.90 Å². The van der Waals surface area contributed by atoms with Crippen molar-refractivity contribution in [1.29, 1.82) is 0 Å². The minimum Gasteiger partial charge on any atom is -0.381 e. The van der Waals surface area contributed by atoms with Crippen molar-refractivity contribution >= 4 is 0 Å². The fourth-order valence-corrected chi connectivity index (χ4v) is 10.8. The molecule has 0 aromatic heterocycles. The molecule has 9 rings (SSSR count). The van der Waals surface area contributed by atoms with Crippen LogP contribution in [0.5, 0.6) is 0 Å². The molecule has 0 N–H and O–H groups in total. The molecule has 56 heavy (non-hydrogen) atoms. The Labute approximate surface area is 335 Å². The Balaban J connectivity index is 0.961. The number of rotatable bonds is 21. The highest BCUT2D eigenvalue weighted by molar-refractivity contribution is 5.17. The molecule has 1 saturated heterocycles. The van der Waals surface area contributed by atoms with Crippen LogP contribution in [-0.4, -0.2) is 62.2 Å². The van der Waals surface area contributed by atoms with Crippen LogP contribution in [0.15, 0.2) is 121 Å². The van der Waals surface area contributed by atoms with E-state index in [2.05, 4.69) is 126 Å². The van der Waals surface area contributed by atoms with Crippen LogP contribution < -0.4 is 0 Å². The second kappa shape index (κ2) is 19.9. The van der Waals surface area contributed by atoms with Crippen molar-refractivity contribution in [2.75, 3.05) is 32.9 Å². The van der Waals surface area contributed by atoms with Gasteiger partial charge in [0.2, 0.25) is 0 Å². The van der Waals surface area contributed by atoms with E-state index < -0.39 is 0 Å². The van der Waals surface area contributed by atoms with Crippen LogP contribution in [0.3, 0.4) is 0 Å². The second-order valence-electron chi connectivity index (χ2n) is 17.5. The smallest absolute Gasteiger partial charge is 0.113 e. The first-order valence-electron chi connectivity index (χ1n) is 21.6. The molecule has 0 amide bonds. The highest BCUT2D eigenvalue weighted by Gasteiger charge is 2.51. The van der Waals surface area contributed by atoms with Crippen molar-refractivity contribution in [2.24, 2.45) is 23.2 Å². The lowest BCUT2D eigenvalue weighted by atomic mass is 9.50. The molecule has 4 saturated carbocycles. The summed E-state index contributed by atoms with van der Waals surface area (Å²) in [4.78, 5) is 2.58. The molecule has 6 nitrogen and oxygen atoms in total. The molecular weight excluding hydrogens is 695 g/mol. The van der Waals surface area contributed by atoms with Crippen molar-refractivity contribution in [3.63, 3.8) is 0 Å². The fraction of sp³-hybridized carbons (Fsp3) is 0.520. The molecule has 4 aromatic carbocycles. The van der Waals surface area contributed by atoms with Crippen LogP contribution in [0.1, 0.15) is 80.0 Å². The van der Waals surface area contributed by atoms with Crippen LogP contribution in [0, 0.1) is 23.2 Å². The normalized spacial score (nSPS) is 28.5. The topological polar surface area (TPSA) is 49.4 Å². The highest BCUT2D eigenvalue weighted by Crippen LogP contribution is 2.60. The number of ether oxygens (including phenoxy) is 5. The summed E-state index contributed by atoms with van der Waals surface area (Å²) in [5.74, 6) is 2.93. The third-order valence-corrected chi connectivity index (χ3v) is 13.0. The summed E-state index contributed by atoms with van der Waals surface area (Å²) in [5, 5.41) is 0. The van der Waals surface area contributed by atoms with E-state index in [-0.39, 0.29) is 24.4 Å². The second-order valence-corrected chi connectivity index (χ2v) is 17.5. The summed E-state index contributed by atoms with van der Waals surface area (Å²) in [5.41, 5.74) is 5.10. The van der Waals surface area contributed by atoms with Gasteiger partial charge in [-0.2, -0.15) is 0 Å². The zero-order chi connectivity index (χ0) is 37.8.